The number of carboxylic acids is 2. The van der Waals surface area contributed by atoms with Gasteiger partial charge in [0.2, 0.25) is 23.6 Å². The van der Waals surface area contributed by atoms with Gasteiger partial charge in [-0.1, -0.05) is 117 Å². The van der Waals surface area contributed by atoms with E-state index < -0.39 is 24.0 Å². The molecular formula is C56H96N8O10. The summed E-state index contributed by atoms with van der Waals surface area (Å²) in [6.45, 7) is 18.0. The minimum Gasteiger partial charge on any atom is -0.481 e. The van der Waals surface area contributed by atoms with Gasteiger partial charge in [-0.3, -0.25) is 33.6 Å². The number of carboxylic acid groups (broad SMARTS) is 2. The van der Waals surface area contributed by atoms with E-state index in [2.05, 4.69) is 59.4 Å². The van der Waals surface area contributed by atoms with Crippen LogP contribution in [0, 0.1) is 23.7 Å². The van der Waals surface area contributed by atoms with Crippen LogP contribution in [-0.2, 0) is 38.3 Å². The van der Waals surface area contributed by atoms with E-state index in [0.717, 1.165) is 32.1 Å². The lowest BCUT2D eigenvalue weighted by atomic mass is 9.98. The Hall–Kier alpha value is -5.43. The standard InChI is InChI=1S/C21H42N4O4.C20H40N4O4.C15H12O2.H2/c1-14(2)9-16(23)11-19(26)24-17(7-5-6-8-22)12-20(27)25-18(10-15(3)4)13-21(28)29;1-13(2)9-16(11-20(27)28)24-18(25)10-15(7-5-6-8-21)23-19(26)12-17(22)14(3)4;16-10-17-9-15-13-7-3-1-5-11(13)12-6-2-4-8-14(12)15;/h14-18H,5-13,22-23H2,1-4H3,(H,24,26)(H,25,27)(H,28,29);13-17H,5-12,21-22H2,1-4H3,(H,23,26)(H,24,25)(H,27,28);1-8,10,15H,9H2;1H/t16-,17?,18?;15?,16-,17+;;/m00../s1. The SMILES string of the molecule is CC(C)CC(CC(=O)O)NC(=O)CC(CCCCN)NC(=O)C[C@@H](N)CC(C)C.CC(C)C[C@@H](CC(=O)O)NC(=O)CC(CCCCN)NC(=O)C[C@@H](N)C(C)C.O=COCC1c2ccccc2-c2ccccc21.[HH]. The van der Waals surface area contributed by atoms with Crippen molar-refractivity contribution in [2.75, 3.05) is 19.7 Å². The van der Waals surface area contributed by atoms with Crippen LogP contribution in [0.5, 0.6) is 0 Å². The Morgan fingerprint density at radius 2 is 0.932 bits per heavy atom. The summed E-state index contributed by atoms with van der Waals surface area (Å²) >= 11 is 0. The van der Waals surface area contributed by atoms with Gasteiger partial charge in [0.25, 0.3) is 6.47 Å². The Morgan fingerprint density at radius 1 is 0.554 bits per heavy atom. The van der Waals surface area contributed by atoms with E-state index in [1.807, 2.05) is 65.8 Å². The molecule has 0 saturated carbocycles. The summed E-state index contributed by atoms with van der Waals surface area (Å²) in [4.78, 5) is 82.1. The lowest BCUT2D eigenvalue weighted by Crippen LogP contribution is -2.44. The third-order valence-corrected chi connectivity index (χ3v) is 12.5. The minimum absolute atomic E-state index is 0. The zero-order valence-electron chi connectivity index (χ0n) is 45.7. The quantitative estimate of drug-likeness (QED) is 0.0270. The van der Waals surface area contributed by atoms with Crippen molar-refractivity contribution in [2.24, 2.45) is 46.6 Å². The highest BCUT2D eigenvalue weighted by atomic mass is 16.5. The van der Waals surface area contributed by atoms with Crippen LogP contribution in [0.3, 0.4) is 0 Å². The molecule has 18 heteroatoms. The smallest absolute Gasteiger partial charge is 0.305 e. The molecule has 0 spiro atoms. The summed E-state index contributed by atoms with van der Waals surface area (Å²) in [5.41, 5.74) is 28.1. The number of carbonyl (C=O) groups excluding carboxylic acids is 5. The van der Waals surface area contributed by atoms with E-state index >= 15 is 0 Å². The summed E-state index contributed by atoms with van der Waals surface area (Å²) in [7, 11) is 0. The summed E-state index contributed by atoms with van der Waals surface area (Å²) in [5.74, 6) is -1.40. The second-order valence-corrected chi connectivity index (χ2v) is 21.4. The summed E-state index contributed by atoms with van der Waals surface area (Å²) < 4.78 is 4.95. The number of carbonyl (C=O) groups is 7. The number of rotatable bonds is 34. The highest BCUT2D eigenvalue weighted by Crippen LogP contribution is 2.44. The largest absolute Gasteiger partial charge is 0.481 e. The van der Waals surface area contributed by atoms with E-state index in [-0.39, 0.29) is 111 Å². The van der Waals surface area contributed by atoms with Crippen molar-refractivity contribution in [3.8, 4) is 11.1 Å². The molecule has 2 aromatic rings. The van der Waals surface area contributed by atoms with E-state index in [1.165, 1.54) is 22.3 Å². The number of amides is 4. The fourth-order valence-electron chi connectivity index (χ4n) is 9.01. The fraction of sp³-hybridized carbons (Fsp3) is 0.661. The first-order valence-electron chi connectivity index (χ1n) is 26.7. The number of hydrogen-bond acceptors (Lipinski definition) is 12. The number of unbranched alkanes of at least 4 members (excludes halogenated alkanes) is 2. The van der Waals surface area contributed by atoms with Crippen molar-refractivity contribution >= 4 is 42.0 Å². The molecule has 1 aliphatic carbocycles. The van der Waals surface area contributed by atoms with Gasteiger partial charge in [-0.15, -0.1) is 0 Å². The highest BCUT2D eigenvalue weighted by Gasteiger charge is 2.29. The Balaban J connectivity index is 0.00000112. The van der Waals surface area contributed by atoms with Crippen LogP contribution in [0.2, 0.25) is 0 Å². The van der Waals surface area contributed by atoms with Crippen LogP contribution in [0.15, 0.2) is 48.5 Å². The number of benzene rings is 2. The third-order valence-electron chi connectivity index (χ3n) is 12.5. The molecule has 6 atom stereocenters. The molecule has 0 saturated heterocycles. The van der Waals surface area contributed by atoms with Crippen LogP contribution in [0.4, 0.5) is 0 Å². The second kappa shape index (κ2) is 37.3. The molecule has 74 heavy (non-hydrogen) atoms. The summed E-state index contributed by atoms with van der Waals surface area (Å²) in [5, 5.41) is 29.6. The predicted octanol–water partition coefficient (Wildman–Crippen LogP) is 6.35. The van der Waals surface area contributed by atoms with Crippen LogP contribution < -0.4 is 44.2 Å². The molecule has 0 bridgehead atoms. The van der Waals surface area contributed by atoms with E-state index in [1.54, 1.807) is 0 Å². The van der Waals surface area contributed by atoms with Gasteiger partial charge in [-0.05, 0) is 104 Å². The molecule has 14 N–H and O–H groups in total. The molecule has 0 heterocycles. The monoisotopic (exact) mass is 1040 g/mol. The number of nitrogens with one attached hydrogen (secondary N) is 4. The van der Waals surface area contributed by atoms with Crippen molar-refractivity contribution in [3.63, 3.8) is 0 Å². The zero-order chi connectivity index (χ0) is 55.8. The molecular weight excluding hydrogens is 945 g/mol. The minimum atomic E-state index is -0.943. The van der Waals surface area contributed by atoms with Crippen LogP contribution in [-0.4, -0.2) is 108 Å². The number of ether oxygens (including phenoxy) is 1. The van der Waals surface area contributed by atoms with Gasteiger partial charge < -0.3 is 59.2 Å². The Kier molecular flexibility index (Phi) is 33.6. The average molecular weight is 1040 g/mol. The number of hydrogen-bond donors (Lipinski definition) is 10. The highest BCUT2D eigenvalue weighted by molar-refractivity contribution is 5.82. The molecule has 0 aromatic heterocycles. The van der Waals surface area contributed by atoms with E-state index in [0.29, 0.717) is 57.8 Å². The molecule has 420 valence electrons. The van der Waals surface area contributed by atoms with E-state index in [9.17, 15) is 33.6 Å². The maximum Gasteiger partial charge on any atom is 0.305 e. The van der Waals surface area contributed by atoms with Gasteiger partial charge in [0.1, 0.15) is 6.61 Å². The topological polar surface area (TPSA) is 321 Å². The third kappa shape index (κ3) is 29.5. The van der Waals surface area contributed by atoms with Crippen molar-refractivity contribution in [2.45, 2.75) is 194 Å². The second-order valence-electron chi connectivity index (χ2n) is 21.4. The molecule has 18 nitrogen and oxygen atoms in total. The maximum atomic E-state index is 12.5. The predicted molar refractivity (Wildman–Crippen MR) is 294 cm³/mol. The summed E-state index contributed by atoms with van der Waals surface area (Å²) in [6, 6.07) is 14.7. The molecule has 0 fully saturated rings. The fourth-order valence-corrected chi connectivity index (χ4v) is 9.01. The number of fused-ring (bicyclic) bond motifs is 3. The van der Waals surface area contributed by atoms with Gasteiger partial charge in [-0.25, -0.2) is 0 Å². The molecule has 3 unspecified atom stereocenters. The van der Waals surface area contributed by atoms with Crippen molar-refractivity contribution in [1.82, 2.24) is 21.3 Å². The first-order valence-corrected chi connectivity index (χ1v) is 26.7. The van der Waals surface area contributed by atoms with Gasteiger partial charge in [0, 0.05) is 69.3 Å². The molecule has 3 rings (SSSR count). The van der Waals surface area contributed by atoms with Crippen LogP contribution in [0.1, 0.15) is 170 Å². The van der Waals surface area contributed by atoms with Gasteiger partial charge in [-0.2, -0.15) is 0 Å². The van der Waals surface area contributed by atoms with Crippen LogP contribution in [0.25, 0.3) is 11.1 Å². The Labute approximate surface area is 442 Å². The lowest BCUT2D eigenvalue weighted by molar-refractivity contribution is -0.139. The Bertz CT molecular complexity index is 1940. The average Bonchev–Trinajstić information content (AvgIpc) is 3.60. The van der Waals surface area contributed by atoms with Gasteiger partial charge >= 0.3 is 11.9 Å². The Morgan fingerprint density at radius 3 is 1.30 bits per heavy atom. The van der Waals surface area contributed by atoms with Gasteiger partial charge in [0.15, 0.2) is 0 Å². The van der Waals surface area contributed by atoms with E-state index in [4.69, 9.17) is 37.9 Å². The number of aliphatic carboxylic acids is 2. The molecule has 2 aromatic carbocycles. The first kappa shape index (κ1) is 66.6. The normalized spacial score (nSPS) is 14.2. The molecule has 4 amide bonds. The zero-order valence-corrected chi connectivity index (χ0v) is 45.7. The van der Waals surface area contributed by atoms with Crippen molar-refractivity contribution in [1.29, 1.82) is 0 Å². The lowest BCUT2D eigenvalue weighted by Gasteiger charge is -2.23. The molecule has 1 aliphatic rings. The molecule has 0 aliphatic heterocycles. The van der Waals surface area contributed by atoms with Crippen LogP contribution >= 0.6 is 0 Å². The van der Waals surface area contributed by atoms with Crippen molar-refractivity contribution in [3.05, 3.63) is 59.7 Å². The summed E-state index contributed by atoms with van der Waals surface area (Å²) in [6.07, 6.45) is 6.89. The number of nitrogens with two attached hydrogens (primary N) is 4. The molecule has 0 radical (unpaired) electrons. The van der Waals surface area contributed by atoms with Gasteiger partial charge in [0.05, 0.1) is 12.8 Å². The first-order chi connectivity index (χ1) is 35.0. The van der Waals surface area contributed by atoms with Crippen molar-refractivity contribution < 1.29 is 49.9 Å². The maximum absolute atomic E-state index is 12.5.